The van der Waals surface area contributed by atoms with Gasteiger partial charge in [0.1, 0.15) is 10.2 Å². The molecule has 0 aromatic carbocycles. The Labute approximate surface area is 134 Å². The van der Waals surface area contributed by atoms with Gasteiger partial charge in [0.2, 0.25) is 0 Å². The van der Waals surface area contributed by atoms with Crippen LogP contribution in [0, 0.1) is 0 Å². The van der Waals surface area contributed by atoms with E-state index in [1.54, 1.807) is 6.20 Å². The number of alkyl carbamates (subject to hydrolysis) is 1. The lowest BCUT2D eigenvalue weighted by Crippen LogP contribution is -2.40. The summed E-state index contributed by atoms with van der Waals surface area (Å²) < 4.78 is 6.14. The second-order valence-electron chi connectivity index (χ2n) is 6.35. The molecule has 1 atom stereocenters. The number of hydrogen-bond acceptors (Lipinski definition) is 4. The van der Waals surface area contributed by atoms with E-state index in [0.29, 0.717) is 0 Å². The molecule has 6 heteroatoms. The second kappa shape index (κ2) is 6.75. The van der Waals surface area contributed by atoms with Gasteiger partial charge in [-0.15, -0.1) is 0 Å². The first-order valence-corrected chi connectivity index (χ1v) is 7.93. The summed E-state index contributed by atoms with van der Waals surface area (Å²) in [6.45, 7) is 8.30. The van der Waals surface area contributed by atoms with Gasteiger partial charge in [0.25, 0.3) is 0 Å². The van der Waals surface area contributed by atoms with Gasteiger partial charge in [-0.2, -0.15) is 0 Å². The van der Waals surface area contributed by atoms with Gasteiger partial charge in [0.15, 0.2) is 0 Å². The summed E-state index contributed by atoms with van der Waals surface area (Å²) in [5.74, 6) is 0. The third kappa shape index (κ3) is 5.63. The van der Waals surface area contributed by atoms with Crippen LogP contribution < -0.4 is 5.32 Å². The first-order chi connectivity index (χ1) is 9.82. The molecule has 21 heavy (non-hydrogen) atoms. The van der Waals surface area contributed by atoms with Crippen molar-refractivity contribution < 1.29 is 9.53 Å². The summed E-state index contributed by atoms with van der Waals surface area (Å²) in [4.78, 5) is 18.2. The molecule has 1 fully saturated rings. The highest BCUT2D eigenvalue weighted by molar-refractivity contribution is 9.10. The molecule has 1 aromatic rings. The van der Waals surface area contributed by atoms with Crippen LogP contribution in [0.4, 0.5) is 4.79 Å². The second-order valence-corrected chi connectivity index (χ2v) is 7.17. The Kier molecular flexibility index (Phi) is 5.22. The molecular formula is C15H22BrN3O2. The summed E-state index contributed by atoms with van der Waals surface area (Å²) in [5, 5.41) is 2.94. The highest BCUT2D eigenvalue weighted by atomic mass is 79.9. The summed E-state index contributed by atoms with van der Waals surface area (Å²) in [5.41, 5.74) is 0.765. The van der Waals surface area contributed by atoms with Gasteiger partial charge in [-0.25, -0.2) is 9.78 Å². The summed E-state index contributed by atoms with van der Waals surface area (Å²) in [6, 6.07) is 4.19. The lowest BCUT2D eigenvalue weighted by atomic mass is 10.2. The first kappa shape index (κ1) is 16.2. The molecule has 116 valence electrons. The Bertz CT molecular complexity index is 502. The number of ether oxygens (including phenoxy) is 1. The number of likely N-dealkylation sites (tertiary alicyclic amines) is 1. The Morgan fingerprint density at radius 3 is 3.00 bits per heavy atom. The number of amides is 1. The van der Waals surface area contributed by atoms with Crippen molar-refractivity contribution in [1.82, 2.24) is 15.2 Å². The van der Waals surface area contributed by atoms with Gasteiger partial charge in [-0.1, -0.05) is 0 Å². The van der Waals surface area contributed by atoms with Crippen LogP contribution in [0.5, 0.6) is 0 Å². The molecule has 1 aliphatic rings. The molecule has 1 saturated heterocycles. The average Bonchev–Trinajstić information content (AvgIpc) is 2.73. The Morgan fingerprint density at radius 2 is 2.33 bits per heavy atom. The van der Waals surface area contributed by atoms with Gasteiger partial charge in [0.05, 0.1) is 0 Å². The Balaban J connectivity index is 1.80. The molecule has 0 unspecified atom stereocenters. The van der Waals surface area contributed by atoms with Crippen molar-refractivity contribution >= 4 is 22.0 Å². The van der Waals surface area contributed by atoms with Crippen LogP contribution in [0.2, 0.25) is 0 Å². The van der Waals surface area contributed by atoms with E-state index in [4.69, 9.17) is 4.74 Å². The maximum Gasteiger partial charge on any atom is 0.407 e. The topological polar surface area (TPSA) is 54.5 Å². The minimum atomic E-state index is -0.453. The predicted molar refractivity (Wildman–Crippen MR) is 85.0 cm³/mol. The molecule has 5 nitrogen and oxygen atoms in total. The highest BCUT2D eigenvalue weighted by Gasteiger charge is 2.26. The fourth-order valence-electron chi connectivity index (χ4n) is 2.37. The molecule has 1 N–H and O–H groups in total. The molecule has 0 spiro atoms. The standard InChI is InChI=1S/C15H22BrN3O2/c1-15(2,3)21-14(20)18-12-5-7-19(10-12)9-11-4-6-17-13(16)8-11/h4,6,8,12H,5,7,9-10H2,1-3H3,(H,18,20)/t12-/m0/s1. The predicted octanol–water partition coefficient (Wildman–Crippen LogP) is 2.94. The van der Waals surface area contributed by atoms with Crippen LogP contribution in [-0.2, 0) is 11.3 Å². The van der Waals surface area contributed by atoms with Crippen LogP contribution in [0.3, 0.4) is 0 Å². The van der Waals surface area contributed by atoms with Crippen molar-refractivity contribution in [2.75, 3.05) is 13.1 Å². The van der Waals surface area contributed by atoms with E-state index < -0.39 is 5.60 Å². The first-order valence-electron chi connectivity index (χ1n) is 7.14. The normalized spacial score (nSPS) is 19.5. The SMILES string of the molecule is CC(C)(C)OC(=O)N[C@H]1CCN(Cc2ccnc(Br)c2)C1. The number of nitrogens with zero attached hydrogens (tertiary/aromatic N) is 2. The molecule has 0 saturated carbocycles. The molecule has 0 radical (unpaired) electrons. The molecule has 0 aliphatic carbocycles. The minimum absolute atomic E-state index is 0.158. The molecule has 2 heterocycles. The number of carbonyl (C=O) groups is 1. The fourth-order valence-corrected chi connectivity index (χ4v) is 2.78. The van der Waals surface area contributed by atoms with E-state index in [2.05, 4.69) is 31.1 Å². The van der Waals surface area contributed by atoms with E-state index in [-0.39, 0.29) is 12.1 Å². The number of nitrogens with one attached hydrogen (secondary N) is 1. The average molecular weight is 356 g/mol. The zero-order valence-electron chi connectivity index (χ0n) is 12.7. The number of rotatable bonds is 3. The van der Waals surface area contributed by atoms with E-state index in [1.165, 1.54) is 5.56 Å². The van der Waals surface area contributed by atoms with Crippen LogP contribution in [0.1, 0.15) is 32.8 Å². The van der Waals surface area contributed by atoms with Gasteiger partial charge in [-0.05, 0) is 60.8 Å². The van der Waals surface area contributed by atoms with Crippen molar-refractivity contribution in [3.05, 3.63) is 28.5 Å². The summed E-state index contributed by atoms with van der Waals surface area (Å²) in [7, 11) is 0. The lowest BCUT2D eigenvalue weighted by Gasteiger charge is -2.22. The van der Waals surface area contributed by atoms with Gasteiger partial charge < -0.3 is 10.1 Å². The number of halogens is 1. The van der Waals surface area contributed by atoms with Gasteiger partial charge in [-0.3, -0.25) is 4.90 Å². The summed E-state index contributed by atoms with van der Waals surface area (Å²) in [6.07, 6.45) is 2.42. The molecular weight excluding hydrogens is 334 g/mol. The number of carbonyl (C=O) groups excluding carboxylic acids is 1. The van der Waals surface area contributed by atoms with Crippen LogP contribution >= 0.6 is 15.9 Å². The highest BCUT2D eigenvalue weighted by Crippen LogP contribution is 2.16. The Morgan fingerprint density at radius 1 is 1.57 bits per heavy atom. The van der Waals surface area contributed by atoms with Crippen molar-refractivity contribution in [3.8, 4) is 0 Å². The van der Waals surface area contributed by atoms with Crippen LogP contribution in [0.15, 0.2) is 22.9 Å². The third-order valence-corrected chi connectivity index (χ3v) is 3.62. The van der Waals surface area contributed by atoms with E-state index in [9.17, 15) is 4.79 Å². The van der Waals surface area contributed by atoms with E-state index in [0.717, 1.165) is 30.7 Å². The number of pyridine rings is 1. The molecule has 1 aromatic heterocycles. The quantitative estimate of drug-likeness (QED) is 0.847. The number of aromatic nitrogens is 1. The largest absolute Gasteiger partial charge is 0.444 e. The smallest absolute Gasteiger partial charge is 0.407 e. The third-order valence-electron chi connectivity index (χ3n) is 3.19. The van der Waals surface area contributed by atoms with Crippen molar-refractivity contribution in [3.63, 3.8) is 0 Å². The van der Waals surface area contributed by atoms with Crippen molar-refractivity contribution in [2.24, 2.45) is 0 Å². The zero-order chi connectivity index (χ0) is 15.5. The lowest BCUT2D eigenvalue weighted by molar-refractivity contribution is 0.0506. The zero-order valence-corrected chi connectivity index (χ0v) is 14.3. The fraction of sp³-hybridized carbons (Fsp3) is 0.600. The maximum atomic E-state index is 11.8. The van der Waals surface area contributed by atoms with Gasteiger partial charge >= 0.3 is 6.09 Å². The van der Waals surface area contributed by atoms with Crippen LogP contribution in [0.25, 0.3) is 0 Å². The monoisotopic (exact) mass is 355 g/mol. The van der Waals surface area contributed by atoms with Crippen molar-refractivity contribution in [1.29, 1.82) is 0 Å². The van der Waals surface area contributed by atoms with Gasteiger partial charge in [0, 0.05) is 31.9 Å². The number of hydrogen-bond donors (Lipinski definition) is 1. The molecule has 0 bridgehead atoms. The van der Waals surface area contributed by atoms with Crippen molar-refractivity contribution in [2.45, 2.75) is 45.4 Å². The minimum Gasteiger partial charge on any atom is -0.444 e. The maximum absolute atomic E-state index is 11.8. The summed E-state index contributed by atoms with van der Waals surface area (Å²) >= 11 is 3.38. The molecule has 2 rings (SSSR count). The Hall–Kier alpha value is -1.14. The molecule has 1 amide bonds. The van der Waals surface area contributed by atoms with Crippen LogP contribution in [-0.4, -0.2) is 40.7 Å². The van der Waals surface area contributed by atoms with E-state index >= 15 is 0 Å². The molecule has 1 aliphatic heterocycles. The van der Waals surface area contributed by atoms with E-state index in [1.807, 2.05) is 32.9 Å².